The predicted octanol–water partition coefficient (Wildman–Crippen LogP) is 3.73. The fourth-order valence-corrected chi connectivity index (χ4v) is 1.41. The Balaban J connectivity index is 2.84. The van der Waals surface area contributed by atoms with Crippen molar-refractivity contribution in [1.29, 1.82) is 5.26 Å². The first-order chi connectivity index (χ1) is 7.04. The van der Waals surface area contributed by atoms with E-state index in [0.717, 1.165) is 0 Å². The van der Waals surface area contributed by atoms with Crippen molar-refractivity contribution in [2.24, 2.45) is 5.92 Å². The second kappa shape index (κ2) is 5.16. The Hall–Kier alpha value is -1.04. The van der Waals surface area contributed by atoms with Crippen LogP contribution in [-0.2, 0) is 0 Å². The lowest BCUT2D eigenvalue weighted by Crippen LogP contribution is -2.04. The summed E-state index contributed by atoms with van der Waals surface area (Å²) in [7, 11) is 0. The number of carbonyl (C=O) groups excluding carboxylic acids is 1. The number of ketones is 1. The smallest absolute Gasteiger partial charge is 0.164 e. The van der Waals surface area contributed by atoms with Crippen LogP contribution in [0.1, 0.15) is 23.7 Å². The van der Waals surface area contributed by atoms with Crippen LogP contribution in [0.4, 0.5) is 0 Å². The van der Waals surface area contributed by atoms with Crippen molar-refractivity contribution in [1.82, 2.24) is 0 Å². The van der Waals surface area contributed by atoms with E-state index in [-0.39, 0.29) is 18.1 Å². The molecule has 0 aromatic heterocycles. The van der Waals surface area contributed by atoms with Gasteiger partial charge >= 0.3 is 0 Å². The van der Waals surface area contributed by atoms with Gasteiger partial charge < -0.3 is 0 Å². The number of hydrogen-bond acceptors (Lipinski definition) is 2. The molecule has 0 aliphatic carbocycles. The van der Waals surface area contributed by atoms with Gasteiger partial charge in [0, 0.05) is 12.0 Å². The number of halogens is 2. The molecule has 0 radical (unpaired) electrons. The van der Waals surface area contributed by atoms with Gasteiger partial charge in [0.1, 0.15) is 0 Å². The first kappa shape index (κ1) is 12.0. The first-order valence-electron chi connectivity index (χ1n) is 4.42. The summed E-state index contributed by atoms with van der Waals surface area (Å²) >= 11 is 11.5. The third-order valence-electron chi connectivity index (χ3n) is 1.95. The zero-order valence-electron chi connectivity index (χ0n) is 8.13. The number of rotatable bonds is 3. The fourth-order valence-electron chi connectivity index (χ4n) is 1.11. The van der Waals surface area contributed by atoms with Gasteiger partial charge in [0.2, 0.25) is 0 Å². The average Bonchev–Trinajstić information content (AvgIpc) is 2.21. The molecule has 78 valence electrons. The van der Waals surface area contributed by atoms with Crippen molar-refractivity contribution in [3.8, 4) is 6.07 Å². The van der Waals surface area contributed by atoms with E-state index in [1.807, 2.05) is 6.07 Å². The van der Waals surface area contributed by atoms with E-state index in [0.29, 0.717) is 15.6 Å². The summed E-state index contributed by atoms with van der Waals surface area (Å²) in [5.74, 6) is -0.380. The van der Waals surface area contributed by atoms with E-state index in [1.54, 1.807) is 19.1 Å². The summed E-state index contributed by atoms with van der Waals surface area (Å²) < 4.78 is 0. The molecule has 15 heavy (non-hydrogen) atoms. The summed E-state index contributed by atoms with van der Waals surface area (Å²) in [4.78, 5) is 11.6. The van der Waals surface area contributed by atoms with Gasteiger partial charge in [0.25, 0.3) is 0 Å². The molecule has 2 nitrogen and oxygen atoms in total. The molecular formula is C11H9Cl2NO. The molecule has 1 aromatic carbocycles. The van der Waals surface area contributed by atoms with Crippen molar-refractivity contribution >= 4 is 29.0 Å². The van der Waals surface area contributed by atoms with Crippen LogP contribution < -0.4 is 0 Å². The second-order valence-corrected chi connectivity index (χ2v) is 4.10. The van der Waals surface area contributed by atoms with Crippen LogP contribution in [0.3, 0.4) is 0 Å². The van der Waals surface area contributed by atoms with Gasteiger partial charge in [-0.1, -0.05) is 23.2 Å². The average molecular weight is 242 g/mol. The molecular weight excluding hydrogens is 233 g/mol. The lowest BCUT2D eigenvalue weighted by atomic mass is 10.0. The minimum absolute atomic E-state index is 0.0948. The molecule has 0 spiro atoms. The van der Waals surface area contributed by atoms with Gasteiger partial charge in [-0.15, -0.1) is 0 Å². The molecule has 0 amide bonds. The zero-order chi connectivity index (χ0) is 11.4. The standard InChI is InChI=1S/C11H9Cl2NO/c1-7(6-14)4-11(15)8-2-3-9(12)10(13)5-8/h2-3,5,7H,4H2,1H3. The topological polar surface area (TPSA) is 40.9 Å². The fraction of sp³-hybridized carbons (Fsp3) is 0.273. The summed E-state index contributed by atoms with van der Waals surface area (Å²) in [5.41, 5.74) is 0.492. The minimum atomic E-state index is -0.285. The SMILES string of the molecule is CC(C#N)CC(=O)c1ccc(Cl)c(Cl)c1. The Kier molecular flexibility index (Phi) is 4.14. The summed E-state index contributed by atoms with van der Waals surface area (Å²) in [5, 5.41) is 9.35. The van der Waals surface area contributed by atoms with E-state index in [4.69, 9.17) is 28.5 Å². The third kappa shape index (κ3) is 3.23. The van der Waals surface area contributed by atoms with Crippen LogP contribution in [0.2, 0.25) is 10.0 Å². The molecule has 0 aliphatic rings. The molecule has 1 atom stereocenters. The van der Waals surface area contributed by atoms with E-state index in [2.05, 4.69) is 0 Å². The normalized spacial score (nSPS) is 11.9. The number of benzene rings is 1. The Morgan fingerprint density at radius 1 is 1.47 bits per heavy atom. The molecule has 0 bridgehead atoms. The lowest BCUT2D eigenvalue weighted by molar-refractivity contribution is 0.0973. The van der Waals surface area contributed by atoms with Crippen molar-refractivity contribution in [2.45, 2.75) is 13.3 Å². The third-order valence-corrected chi connectivity index (χ3v) is 2.69. The van der Waals surface area contributed by atoms with E-state index < -0.39 is 0 Å². The number of Topliss-reactive ketones (excluding diaryl/α,β-unsaturated/α-hetero) is 1. The molecule has 0 fully saturated rings. The first-order valence-corrected chi connectivity index (χ1v) is 5.18. The van der Waals surface area contributed by atoms with Gasteiger partial charge in [-0.3, -0.25) is 4.79 Å². The van der Waals surface area contributed by atoms with Gasteiger partial charge in [0.05, 0.1) is 22.0 Å². The van der Waals surface area contributed by atoms with Crippen molar-refractivity contribution in [3.63, 3.8) is 0 Å². The number of nitriles is 1. The Labute approximate surface area is 98.4 Å². The van der Waals surface area contributed by atoms with Gasteiger partial charge in [-0.2, -0.15) is 5.26 Å². The van der Waals surface area contributed by atoms with Crippen LogP contribution in [0.5, 0.6) is 0 Å². The highest BCUT2D eigenvalue weighted by atomic mass is 35.5. The highest BCUT2D eigenvalue weighted by Gasteiger charge is 2.11. The Bertz CT molecular complexity index is 423. The van der Waals surface area contributed by atoms with E-state index in [9.17, 15) is 4.79 Å². The van der Waals surface area contributed by atoms with Crippen LogP contribution in [-0.4, -0.2) is 5.78 Å². The zero-order valence-corrected chi connectivity index (χ0v) is 9.64. The monoisotopic (exact) mass is 241 g/mol. The molecule has 0 saturated carbocycles. The molecule has 0 aliphatic heterocycles. The van der Waals surface area contributed by atoms with Crippen LogP contribution in [0.25, 0.3) is 0 Å². The van der Waals surface area contributed by atoms with Crippen molar-refractivity contribution < 1.29 is 4.79 Å². The quantitative estimate of drug-likeness (QED) is 0.757. The van der Waals surface area contributed by atoms with Gasteiger partial charge in [-0.25, -0.2) is 0 Å². The highest BCUT2D eigenvalue weighted by molar-refractivity contribution is 6.42. The maximum atomic E-state index is 11.6. The van der Waals surface area contributed by atoms with Crippen LogP contribution in [0.15, 0.2) is 18.2 Å². The largest absolute Gasteiger partial charge is 0.294 e. The van der Waals surface area contributed by atoms with E-state index in [1.165, 1.54) is 6.07 Å². The van der Waals surface area contributed by atoms with Crippen LogP contribution in [0, 0.1) is 17.2 Å². The molecule has 0 heterocycles. The van der Waals surface area contributed by atoms with Crippen molar-refractivity contribution in [2.75, 3.05) is 0 Å². The van der Waals surface area contributed by atoms with Crippen LogP contribution >= 0.6 is 23.2 Å². The Morgan fingerprint density at radius 2 is 2.13 bits per heavy atom. The molecule has 0 N–H and O–H groups in total. The summed E-state index contributed by atoms with van der Waals surface area (Å²) in [6.45, 7) is 1.70. The predicted molar refractivity (Wildman–Crippen MR) is 60.2 cm³/mol. The van der Waals surface area contributed by atoms with E-state index >= 15 is 0 Å². The molecule has 4 heteroatoms. The maximum absolute atomic E-state index is 11.6. The number of nitrogens with zero attached hydrogens (tertiary/aromatic N) is 1. The summed E-state index contributed by atoms with van der Waals surface area (Å²) in [6, 6.07) is 6.73. The highest BCUT2D eigenvalue weighted by Crippen LogP contribution is 2.23. The van der Waals surface area contributed by atoms with Gasteiger partial charge in [0.15, 0.2) is 5.78 Å². The van der Waals surface area contributed by atoms with Crippen molar-refractivity contribution in [3.05, 3.63) is 33.8 Å². The molecule has 1 unspecified atom stereocenters. The number of carbonyl (C=O) groups is 1. The lowest BCUT2D eigenvalue weighted by Gasteiger charge is -2.03. The second-order valence-electron chi connectivity index (χ2n) is 3.29. The Morgan fingerprint density at radius 3 is 2.67 bits per heavy atom. The number of hydrogen-bond donors (Lipinski definition) is 0. The van der Waals surface area contributed by atoms with Gasteiger partial charge in [-0.05, 0) is 25.1 Å². The minimum Gasteiger partial charge on any atom is -0.294 e. The molecule has 1 rings (SSSR count). The maximum Gasteiger partial charge on any atom is 0.164 e. The molecule has 1 aromatic rings. The molecule has 0 saturated heterocycles. The summed E-state index contributed by atoms with van der Waals surface area (Å²) in [6.07, 6.45) is 0.203.